The largest absolute Gasteiger partial charge is 0.379 e. The molecule has 1 aliphatic heterocycles. The minimum Gasteiger partial charge on any atom is -0.379 e. The third-order valence-electron chi connectivity index (χ3n) is 3.34. The van der Waals surface area contributed by atoms with E-state index < -0.39 is 5.60 Å². The van der Waals surface area contributed by atoms with Crippen molar-refractivity contribution in [2.24, 2.45) is 0 Å². The Bertz CT molecular complexity index is 594. The molecule has 3 rings (SSSR count). The lowest BCUT2D eigenvalue weighted by Crippen LogP contribution is -2.23. The molecule has 84 valence electrons. The zero-order valence-electron chi connectivity index (χ0n) is 9.17. The van der Waals surface area contributed by atoms with Crippen molar-refractivity contribution in [2.45, 2.75) is 18.6 Å². The fourth-order valence-corrected chi connectivity index (χ4v) is 2.37. The van der Waals surface area contributed by atoms with Gasteiger partial charge in [-0.15, -0.1) is 0 Å². The van der Waals surface area contributed by atoms with Gasteiger partial charge in [-0.1, -0.05) is 12.1 Å². The van der Waals surface area contributed by atoms with E-state index in [-0.39, 0.29) is 0 Å². The highest BCUT2D eigenvalue weighted by molar-refractivity contribution is 5.38. The maximum absolute atomic E-state index is 10.7. The molecule has 1 atom stereocenters. The highest BCUT2D eigenvalue weighted by Crippen LogP contribution is 2.38. The van der Waals surface area contributed by atoms with Crippen LogP contribution in [-0.4, -0.2) is 14.7 Å². The molecule has 0 aliphatic carbocycles. The second kappa shape index (κ2) is 3.44. The fraction of sp³-hybridized carbons (Fsp3) is 0.231. The molecule has 0 saturated heterocycles. The zero-order valence-corrected chi connectivity index (χ0v) is 9.17. The molecule has 0 fully saturated rings. The Labute approximate surface area is 98.8 Å². The smallest absolute Gasteiger partial charge is 0.133 e. The number of benzene rings is 1. The summed E-state index contributed by atoms with van der Waals surface area (Å²) in [4.78, 5) is 4.05. The highest BCUT2D eigenvalue weighted by atomic mass is 16.3. The molecule has 1 aliphatic rings. The summed E-state index contributed by atoms with van der Waals surface area (Å²) in [5.74, 6) is 0. The van der Waals surface area contributed by atoms with Gasteiger partial charge in [-0.2, -0.15) is 5.26 Å². The van der Waals surface area contributed by atoms with E-state index in [1.54, 1.807) is 36.8 Å². The van der Waals surface area contributed by atoms with Gasteiger partial charge in [-0.05, 0) is 17.7 Å². The quantitative estimate of drug-likeness (QED) is 0.797. The lowest BCUT2D eigenvalue weighted by molar-refractivity contribution is 0.0825. The van der Waals surface area contributed by atoms with Crippen LogP contribution in [0.2, 0.25) is 0 Å². The van der Waals surface area contributed by atoms with Crippen LogP contribution in [0.1, 0.15) is 23.2 Å². The van der Waals surface area contributed by atoms with Crippen molar-refractivity contribution in [3.8, 4) is 6.07 Å². The van der Waals surface area contributed by atoms with Gasteiger partial charge in [0.25, 0.3) is 0 Å². The SMILES string of the molecule is N#Cc1ccc(C2(O)CCn3cncc32)cc1. The van der Waals surface area contributed by atoms with E-state index in [0.717, 1.165) is 17.8 Å². The Hall–Kier alpha value is -2.12. The van der Waals surface area contributed by atoms with E-state index in [1.807, 2.05) is 4.57 Å². The summed E-state index contributed by atoms with van der Waals surface area (Å²) >= 11 is 0. The Morgan fingerprint density at radius 3 is 2.82 bits per heavy atom. The van der Waals surface area contributed by atoms with Crippen molar-refractivity contribution < 1.29 is 5.11 Å². The van der Waals surface area contributed by atoms with Gasteiger partial charge in [0.2, 0.25) is 0 Å². The van der Waals surface area contributed by atoms with Crippen LogP contribution < -0.4 is 0 Å². The summed E-state index contributed by atoms with van der Waals surface area (Å²) in [6.45, 7) is 0.770. The molecular formula is C13H11N3O. The van der Waals surface area contributed by atoms with E-state index in [2.05, 4.69) is 11.1 Å². The van der Waals surface area contributed by atoms with E-state index in [9.17, 15) is 5.11 Å². The number of fused-ring (bicyclic) bond motifs is 1. The molecule has 1 N–H and O–H groups in total. The van der Waals surface area contributed by atoms with Crippen LogP contribution in [0.25, 0.3) is 0 Å². The predicted octanol–water partition coefficient (Wildman–Crippen LogP) is 1.39. The molecule has 1 aromatic carbocycles. The van der Waals surface area contributed by atoms with Crippen molar-refractivity contribution in [3.63, 3.8) is 0 Å². The lowest BCUT2D eigenvalue weighted by Gasteiger charge is -2.22. The summed E-state index contributed by atoms with van der Waals surface area (Å²) in [5.41, 5.74) is 1.27. The molecule has 0 bridgehead atoms. The van der Waals surface area contributed by atoms with Crippen LogP contribution in [-0.2, 0) is 12.1 Å². The number of hydrogen-bond acceptors (Lipinski definition) is 3. The summed E-state index contributed by atoms with van der Waals surface area (Å²) in [7, 11) is 0. The molecule has 2 heterocycles. The predicted molar refractivity (Wildman–Crippen MR) is 61.0 cm³/mol. The number of rotatable bonds is 1. The summed E-state index contributed by atoms with van der Waals surface area (Å²) in [6, 6.07) is 9.14. The molecular weight excluding hydrogens is 214 g/mol. The molecule has 1 aromatic heterocycles. The monoisotopic (exact) mass is 225 g/mol. The molecule has 4 heteroatoms. The number of aryl methyl sites for hydroxylation is 1. The Balaban J connectivity index is 2.07. The van der Waals surface area contributed by atoms with Crippen molar-refractivity contribution in [3.05, 3.63) is 53.6 Å². The zero-order chi connectivity index (χ0) is 11.9. The van der Waals surface area contributed by atoms with Gasteiger partial charge >= 0.3 is 0 Å². The first-order valence-electron chi connectivity index (χ1n) is 5.48. The summed E-state index contributed by atoms with van der Waals surface area (Å²) in [6.07, 6.45) is 4.08. The number of imidazole rings is 1. The molecule has 1 unspecified atom stereocenters. The standard InChI is InChI=1S/C13H11N3O/c14-7-10-1-3-11(4-2-10)13(17)5-6-16-9-15-8-12(13)16/h1-4,8-9,17H,5-6H2. The number of aromatic nitrogens is 2. The second-order valence-corrected chi connectivity index (χ2v) is 4.27. The van der Waals surface area contributed by atoms with Crippen LogP contribution in [0.5, 0.6) is 0 Å². The van der Waals surface area contributed by atoms with Gasteiger partial charge in [0, 0.05) is 13.0 Å². The topological polar surface area (TPSA) is 61.8 Å². The van der Waals surface area contributed by atoms with E-state index >= 15 is 0 Å². The first kappa shape index (κ1) is 10.1. The van der Waals surface area contributed by atoms with Gasteiger partial charge < -0.3 is 9.67 Å². The maximum Gasteiger partial charge on any atom is 0.133 e. The van der Waals surface area contributed by atoms with Crippen molar-refractivity contribution in [2.75, 3.05) is 0 Å². The third kappa shape index (κ3) is 1.37. The van der Waals surface area contributed by atoms with Crippen molar-refractivity contribution in [1.82, 2.24) is 9.55 Å². The first-order chi connectivity index (χ1) is 8.24. The molecule has 0 radical (unpaired) electrons. The van der Waals surface area contributed by atoms with Gasteiger partial charge in [0.1, 0.15) is 5.60 Å². The first-order valence-corrected chi connectivity index (χ1v) is 5.48. The average molecular weight is 225 g/mol. The molecule has 17 heavy (non-hydrogen) atoms. The minimum absolute atomic E-state index is 0.601. The number of nitrogens with zero attached hydrogens (tertiary/aromatic N) is 3. The number of hydrogen-bond donors (Lipinski definition) is 1. The molecule has 0 amide bonds. The van der Waals surface area contributed by atoms with E-state index in [4.69, 9.17) is 5.26 Å². The van der Waals surface area contributed by atoms with Crippen LogP contribution >= 0.6 is 0 Å². The minimum atomic E-state index is -0.968. The lowest BCUT2D eigenvalue weighted by atomic mass is 9.89. The van der Waals surface area contributed by atoms with E-state index in [1.165, 1.54) is 0 Å². The van der Waals surface area contributed by atoms with Crippen LogP contribution in [0.3, 0.4) is 0 Å². The third-order valence-corrected chi connectivity index (χ3v) is 3.34. The average Bonchev–Trinajstić information content (AvgIpc) is 2.95. The van der Waals surface area contributed by atoms with Gasteiger partial charge in [0.05, 0.1) is 29.9 Å². The van der Waals surface area contributed by atoms with Crippen molar-refractivity contribution >= 4 is 0 Å². The van der Waals surface area contributed by atoms with Crippen LogP contribution in [0.4, 0.5) is 0 Å². The van der Waals surface area contributed by atoms with Crippen LogP contribution in [0.15, 0.2) is 36.8 Å². The molecule has 2 aromatic rings. The molecule has 0 saturated carbocycles. The highest BCUT2D eigenvalue weighted by Gasteiger charge is 2.38. The van der Waals surface area contributed by atoms with Gasteiger partial charge in [-0.25, -0.2) is 4.98 Å². The Morgan fingerprint density at radius 2 is 2.12 bits per heavy atom. The number of nitriles is 1. The molecule has 0 spiro atoms. The van der Waals surface area contributed by atoms with Gasteiger partial charge in [-0.3, -0.25) is 0 Å². The normalized spacial score (nSPS) is 22.1. The summed E-state index contributed by atoms with van der Waals surface area (Å²) in [5, 5.41) is 19.5. The maximum atomic E-state index is 10.7. The van der Waals surface area contributed by atoms with Crippen LogP contribution in [0, 0.1) is 11.3 Å². The fourth-order valence-electron chi connectivity index (χ4n) is 2.37. The molecule has 4 nitrogen and oxygen atoms in total. The Morgan fingerprint density at radius 1 is 1.35 bits per heavy atom. The second-order valence-electron chi connectivity index (χ2n) is 4.27. The summed E-state index contributed by atoms with van der Waals surface area (Å²) < 4.78 is 1.96. The van der Waals surface area contributed by atoms with Crippen molar-refractivity contribution in [1.29, 1.82) is 5.26 Å². The number of aliphatic hydroxyl groups is 1. The van der Waals surface area contributed by atoms with E-state index in [0.29, 0.717) is 12.0 Å². The Kier molecular flexibility index (Phi) is 2.03. The van der Waals surface area contributed by atoms with Gasteiger partial charge in [0.15, 0.2) is 0 Å².